The molecule has 6 nitrogen and oxygen atoms in total. The summed E-state index contributed by atoms with van der Waals surface area (Å²) in [6.07, 6.45) is 1.94. The fourth-order valence-electron chi connectivity index (χ4n) is 4.54. The summed E-state index contributed by atoms with van der Waals surface area (Å²) in [5.41, 5.74) is 0.539. The number of hydrogen-bond donors (Lipinski definition) is 0. The molecule has 1 heterocycles. The summed E-state index contributed by atoms with van der Waals surface area (Å²) in [4.78, 5) is 2.20. The molecule has 4 rings (SSSR count). The van der Waals surface area contributed by atoms with Gasteiger partial charge in [-0.05, 0) is 74.0 Å². The highest BCUT2D eigenvalue weighted by Gasteiger charge is 2.29. The summed E-state index contributed by atoms with van der Waals surface area (Å²) < 4.78 is 69.1. The molecule has 198 valence electrons. The van der Waals surface area contributed by atoms with Crippen LogP contribution in [0.2, 0.25) is 5.02 Å². The molecule has 1 fully saturated rings. The van der Waals surface area contributed by atoms with Crippen molar-refractivity contribution in [3.8, 4) is 11.5 Å². The lowest BCUT2D eigenvalue weighted by Gasteiger charge is -2.29. The second-order valence-corrected chi connectivity index (χ2v) is 11.1. The van der Waals surface area contributed by atoms with Crippen molar-refractivity contribution in [2.24, 2.45) is 0 Å². The number of nitrogens with zero attached hydrogens (tertiary/aromatic N) is 2. The largest absolute Gasteiger partial charge is 0.493 e. The van der Waals surface area contributed by atoms with Crippen molar-refractivity contribution in [3.63, 3.8) is 0 Å². The molecular formula is C27H29ClF2N2O4S. The Morgan fingerprint density at radius 2 is 1.62 bits per heavy atom. The average molecular weight is 551 g/mol. The number of rotatable bonds is 10. The monoisotopic (exact) mass is 550 g/mol. The number of anilines is 1. The zero-order valence-electron chi connectivity index (χ0n) is 20.7. The summed E-state index contributed by atoms with van der Waals surface area (Å²) in [5.74, 6) is -0.755. The molecule has 0 saturated carbocycles. The molecule has 3 aromatic carbocycles. The first-order valence-corrected chi connectivity index (χ1v) is 13.7. The normalized spacial score (nSPS) is 14.1. The third kappa shape index (κ3) is 6.00. The number of hydrogen-bond acceptors (Lipinski definition) is 5. The molecule has 0 bridgehead atoms. The Labute approximate surface area is 221 Å². The Hall–Kier alpha value is -2.88. The molecule has 1 saturated heterocycles. The van der Waals surface area contributed by atoms with E-state index in [-0.39, 0.29) is 29.2 Å². The van der Waals surface area contributed by atoms with Crippen molar-refractivity contribution in [2.45, 2.75) is 24.2 Å². The predicted octanol–water partition coefficient (Wildman–Crippen LogP) is 5.52. The highest BCUT2D eigenvalue weighted by Crippen LogP contribution is 2.35. The molecule has 0 aromatic heterocycles. The minimum absolute atomic E-state index is 0.00421. The van der Waals surface area contributed by atoms with E-state index in [4.69, 9.17) is 21.1 Å². The average Bonchev–Trinajstić information content (AvgIpc) is 3.40. The van der Waals surface area contributed by atoms with Gasteiger partial charge in [-0.1, -0.05) is 17.7 Å². The summed E-state index contributed by atoms with van der Waals surface area (Å²) in [5, 5.41) is 0.332. The molecule has 0 amide bonds. The summed E-state index contributed by atoms with van der Waals surface area (Å²) in [7, 11) is -1.21. The standard InChI is InChI=1S/C27H29ClF2N2O4S/c1-35-26-11-9-21(18-27(26)36-2)37(33,34)32(15-14-31-12-3-4-13-31)25-10-8-20(28)16-19(25)17-22-23(29)6-5-7-24(22)30/h5-11,16,18H,3-4,12-15,17H2,1-2H3. The lowest BCUT2D eigenvalue weighted by Crippen LogP contribution is -2.38. The van der Waals surface area contributed by atoms with Crippen LogP contribution in [0.15, 0.2) is 59.5 Å². The number of ether oxygens (including phenoxy) is 2. The molecule has 0 radical (unpaired) electrons. The van der Waals surface area contributed by atoms with Crippen LogP contribution in [0.1, 0.15) is 24.0 Å². The van der Waals surface area contributed by atoms with Crippen molar-refractivity contribution in [2.75, 3.05) is 44.7 Å². The number of sulfonamides is 1. The second kappa shape index (κ2) is 11.7. The van der Waals surface area contributed by atoms with Gasteiger partial charge in [0.25, 0.3) is 10.0 Å². The molecule has 0 aliphatic carbocycles. The van der Waals surface area contributed by atoms with E-state index >= 15 is 0 Å². The van der Waals surface area contributed by atoms with Crippen LogP contribution in [-0.2, 0) is 16.4 Å². The van der Waals surface area contributed by atoms with Gasteiger partial charge in [0, 0.05) is 36.2 Å². The van der Waals surface area contributed by atoms with Crippen molar-refractivity contribution < 1.29 is 26.7 Å². The van der Waals surface area contributed by atoms with Crippen LogP contribution in [0.3, 0.4) is 0 Å². The Morgan fingerprint density at radius 1 is 0.946 bits per heavy atom. The van der Waals surface area contributed by atoms with Crippen LogP contribution >= 0.6 is 11.6 Å². The molecule has 0 atom stereocenters. The van der Waals surface area contributed by atoms with E-state index < -0.39 is 21.7 Å². The number of halogens is 3. The third-order valence-electron chi connectivity index (χ3n) is 6.50. The summed E-state index contributed by atoms with van der Waals surface area (Å²) in [6.45, 7) is 2.42. The first-order chi connectivity index (χ1) is 17.7. The Bertz CT molecular complexity index is 1340. The number of methoxy groups -OCH3 is 2. The molecule has 0 unspecified atom stereocenters. The fraction of sp³-hybridized carbons (Fsp3) is 0.333. The molecule has 1 aliphatic heterocycles. The molecule has 3 aromatic rings. The Morgan fingerprint density at radius 3 is 2.27 bits per heavy atom. The molecule has 10 heteroatoms. The first kappa shape index (κ1) is 27.2. The van der Waals surface area contributed by atoms with Gasteiger partial charge in [-0.15, -0.1) is 0 Å². The predicted molar refractivity (Wildman–Crippen MR) is 140 cm³/mol. The molecular weight excluding hydrogens is 522 g/mol. The van der Waals surface area contributed by atoms with Crippen LogP contribution in [0, 0.1) is 11.6 Å². The zero-order chi connectivity index (χ0) is 26.6. The van der Waals surface area contributed by atoms with Crippen LogP contribution in [0.4, 0.5) is 14.5 Å². The highest BCUT2D eigenvalue weighted by atomic mass is 35.5. The maximum Gasteiger partial charge on any atom is 0.264 e. The van der Waals surface area contributed by atoms with Crippen molar-refractivity contribution >= 4 is 27.3 Å². The van der Waals surface area contributed by atoms with Gasteiger partial charge in [0.15, 0.2) is 11.5 Å². The fourth-order valence-corrected chi connectivity index (χ4v) is 6.25. The van der Waals surface area contributed by atoms with Crippen LogP contribution in [-0.4, -0.2) is 53.7 Å². The van der Waals surface area contributed by atoms with Gasteiger partial charge in [0.2, 0.25) is 0 Å². The SMILES string of the molecule is COc1ccc(S(=O)(=O)N(CCN2CCCC2)c2ccc(Cl)cc2Cc2c(F)cccc2F)cc1OC. The highest BCUT2D eigenvalue weighted by molar-refractivity contribution is 7.92. The van der Waals surface area contributed by atoms with Gasteiger partial charge in [0.1, 0.15) is 11.6 Å². The van der Waals surface area contributed by atoms with Gasteiger partial charge < -0.3 is 14.4 Å². The zero-order valence-corrected chi connectivity index (χ0v) is 22.3. The lowest BCUT2D eigenvalue weighted by molar-refractivity contribution is 0.348. The van der Waals surface area contributed by atoms with Crippen LogP contribution < -0.4 is 13.8 Å². The quantitative estimate of drug-likeness (QED) is 0.333. The topological polar surface area (TPSA) is 59.1 Å². The number of benzene rings is 3. The molecule has 0 spiro atoms. The van der Waals surface area contributed by atoms with Gasteiger partial charge in [0.05, 0.1) is 24.8 Å². The van der Waals surface area contributed by atoms with E-state index in [1.807, 2.05) is 0 Å². The summed E-state index contributed by atoms with van der Waals surface area (Å²) >= 11 is 6.26. The van der Waals surface area contributed by atoms with Crippen LogP contribution in [0.5, 0.6) is 11.5 Å². The first-order valence-electron chi connectivity index (χ1n) is 11.9. The minimum Gasteiger partial charge on any atom is -0.493 e. The molecule has 1 aliphatic rings. The maximum atomic E-state index is 14.5. The van der Waals surface area contributed by atoms with E-state index in [0.29, 0.717) is 28.6 Å². The van der Waals surface area contributed by atoms with Gasteiger partial charge in [-0.3, -0.25) is 4.31 Å². The Balaban J connectivity index is 1.81. The van der Waals surface area contributed by atoms with Gasteiger partial charge in [-0.25, -0.2) is 17.2 Å². The maximum absolute atomic E-state index is 14.5. The second-order valence-electron chi connectivity index (χ2n) is 8.79. The number of likely N-dealkylation sites (tertiary alicyclic amines) is 1. The van der Waals surface area contributed by atoms with Crippen molar-refractivity contribution in [3.05, 3.63) is 82.4 Å². The van der Waals surface area contributed by atoms with E-state index in [9.17, 15) is 17.2 Å². The Kier molecular flexibility index (Phi) is 8.56. The van der Waals surface area contributed by atoms with E-state index in [1.165, 1.54) is 54.9 Å². The van der Waals surface area contributed by atoms with Crippen molar-refractivity contribution in [1.82, 2.24) is 4.90 Å². The van der Waals surface area contributed by atoms with Gasteiger partial charge in [-0.2, -0.15) is 0 Å². The van der Waals surface area contributed by atoms with E-state index in [1.54, 1.807) is 18.2 Å². The smallest absolute Gasteiger partial charge is 0.264 e. The third-order valence-corrected chi connectivity index (χ3v) is 8.54. The minimum atomic E-state index is -4.11. The van der Waals surface area contributed by atoms with Gasteiger partial charge >= 0.3 is 0 Å². The van der Waals surface area contributed by atoms with E-state index in [2.05, 4.69) is 4.90 Å². The lowest BCUT2D eigenvalue weighted by atomic mass is 10.0. The summed E-state index contributed by atoms with van der Waals surface area (Å²) in [6, 6.07) is 12.7. The molecule has 37 heavy (non-hydrogen) atoms. The molecule has 0 N–H and O–H groups in total. The van der Waals surface area contributed by atoms with E-state index in [0.717, 1.165) is 25.9 Å². The van der Waals surface area contributed by atoms with Crippen LogP contribution in [0.25, 0.3) is 0 Å². The van der Waals surface area contributed by atoms with Crippen molar-refractivity contribution in [1.29, 1.82) is 0 Å².